The van der Waals surface area contributed by atoms with Crippen molar-refractivity contribution in [3.05, 3.63) is 17.5 Å². The molecule has 144 valence electrons. The van der Waals surface area contributed by atoms with Gasteiger partial charge in [-0.25, -0.2) is 0 Å². The molecule has 2 fully saturated rings. The molecular formula is C17H22F3N3O3. The molecular weight excluding hydrogens is 351 g/mol. The number of nitrogens with zero attached hydrogens (tertiary/aromatic N) is 3. The quantitative estimate of drug-likeness (QED) is 0.884. The van der Waals surface area contributed by atoms with Crippen LogP contribution in [0.25, 0.3) is 0 Å². The second kappa shape index (κ2) is 6.92. The van der Waals surface area contributed by atoms with Crippen LogP contribution in [0.15, 0.2) is 6.20 Å². The SMILES string of the molecule is Cc1nn(CC(F)(F)F)cc1C(=O)N1CCC2CC(C(=O)O)CCC2C1. The molecule has 1 aliphatic carbocycles. The summed E-state index contributed by atoms with van der Waals surface area (Å²) in [5.74, 6) is -0.803. The fraction of sp³-hybridized carbons (Fsp3) is 0.706. The molecule has 0 radical (unpaired) electrons. The highest BCUT2D eigenvalue weighted by Gasteiger charge is 2.39. The minimum atomic E-state index is -4.39. The molecule has 2 aliphatic rings. The van der Waals surface area contributed by atoms with Gasteiger partial charge in [0.25, 0.3) is 5.91 Å². The molecule has 0 bridgehead atoms. The number of halogens is 3. The fourth-order valence-electron chi connectivity index (χ4n) is 4.19. The summed E-state index contributed by atoms with van der Waals surface area (Å²) in [7, 11) is 0. The van der Waals surface area contributed by atoms with Crippen LogP contribution in [0, 0.1) is 24.7 Å². The number of hydrogen-bond donors (Lipinski definition) is 1. The zero-order chi connectivity index (χ0) is 19.1. The van der Waals surface area contributed by atoms with Crippen molar-refractivity contribution in [3.63, 3.8) is 0 Å². The third-order valence-electron chi connectivity index (χ3n) is 5.52. The number of carbonyl (C=O) groups is 2. The van der Waals surface area contributed by atoms with Crippen LogP contribution in [0.1, 0.15) is 41.7 Å². The van der Waals surface area contributed by atoms with Gasteiger partial charge in [0.15, 0.2) is 0 Å². The van der Waals surface area contributed by atoms with Crippen molar-refractivity contribution in [2.24, 2.45) is 17.8 Å². The number of amides is 1. The number of carboxylic acid groups (broad SMARTS) is 1. The lowest BCUT2D eigenvalue weighted by Gasteiger charge is -2.42. The van der Waals surface area contributed by atoms with Crippen molar-refractivity contribution in [1.82, 2.24) is 14.7 Å². The molecule has 1 N–H and O–H groups in total. The number of rotatable bonds is 3. The number of aryl methyl sites for hydroxylation is 1. The number of aliphatic carboxylic acids is 1. The Bertz CT molecular complexity index is 701. The summed E-state index contributed by atoms with van der Waals surface area (Å²) < 4.78 is 38.3. The Balaban J connectivity index is 1.66. The summed E-state index contributed by atoms with van der Waals surface area (Å²) in [6.07, 6.45) is -0.474. The third kappa shape index (κ3) is 4.02. The van der Waals surface area contributed by atoms with Crippen molar-refractivity contribution in [1.29, 1.82) is 0 Å². The summed E-state index contributed by atoms with van der Waals surface area (Å²) >= 11 is 0. The lowest BCUT2D eigenvalue weighted by atomic mass is 9.70. The Kier molecular flexibility index (Phi) is 4.98. The van der Waals surface area contributed by atoms with Crippen molar-refractivity contribution in [3.8, 4) is 0 Å². The smallest absolute Gasteiger partial charge is 0.408 e. The number of hydrogen-bond acceptors (Lipinski definition) is 3. The predicted octanol–water partition coefficient (Wildman–Crippen LogP) is 2.72. The van der Waals surface area contributed by atoms with Crippen molar-refractivity contribution in [2.45, 2.75) is 45.3 Å². The van der Waals surface area contributed by atoms with Gasteiger partial charge in [-0.1, -0.05) is 0 Å². The van der Waals surface area contributed by atoms with Gasteiger partial charge in [-0.3, -0.25) is 14.3 Å². The van der Waals surface area contributed by atoms with Crippen LogP contribution in [0.2, 0.25) is 0 Å². The van der Waals surface area contributed by atoms with E-state index in [0.29, 0.717) is 31.8 Å². The van der Waals surface area contributed by atoms with Crippen LogP contribution in [-0.4, -0.2) is 50.9 Å². The minimum Gasteiger partial charge on any atom is -0.481 e. The number of likely N-dealkylation sites (tertiary alicyclic amines) is 1. The maximum absolute atomic E-state index is 12.7. The molecule has 1 saturated heterocycles. The summed E-state index contributed by atoms with van der Waals surface area (Å²) in [4.78, 5) is 25.6. The Morgan fingerprint density at radius 2 is 2.00 bits per heavy atom. The van der Waals surface area contributed by atoms with Gasteiger partial charge >= 0.3 is 12.1 Å². The Morgan fingerprint density at radius 1 is 1.27 bits per heavy atom. The molecule has 3 unspecified atom stereocenters. The topological polar surface area (TPSA) is 75.4 Å². The minimum absolute atomic E-state index is 0.201. The van der Waals surface area contributed by atoms with Gasteiger partial charge in [-0.2, -0.15) is 18.3 Å². The first kappa shape index (κ1) is 18.7. The Hall–Kier alpha value is -2.06. The van der Waals surface area contributed by atoms with Crippen molar-refractivity contribution < 1.29 is 27.9 Å². The largest absolute Gasteiger partial charge is 0.481 e. The van der Waals surface area contributed by atoms with E-state index in [1.807, 2.05) is 0 Å². The van der Waals surface area contributed by atoms with Crippen LogP contribution in [0.4, 0.5) is 13.2 Å². The highest BCUT2D eigenvalue weighted by atomic mass is 19.4. The first-order valence-electron chi connectivity index (χ1n) is 8.77. The maximum Gasteiger partial charge on any atom is 0.408 e. The zero-order valence-corrected chi connectivity index (χ0v) is 14.5. The monoisotopic (exact) mass is 373 g/mol. The summed E-state index contributed by atoms with van der Waals surface area (Å²) in [5, 5.41) is 13.0. The van der Waals surface area contributed by atoms with Crippen LogP contribution < -0.4 is 0 Å². The number of carbonyl (C=O) groups excluding carboxylic acids is 1. The van der Waals surface area contributed by atoms with Crippen molar-refractivity contribution in [2.75, 3.05) is 13.1 Å². The van der Waals surface area contributed by atoms with E-state index in [2.05, 4.69) is 5.10 Å². The predicted molar refractivity (Wildman–Crippen MR) is 85.5 cm³/mol. The number of fused-ring (bicyclic) bond motifs is 1. The van der Waals surface area contributed by atoms with Gasteiger partial charge in [0.2, 0.25) is 0 Å². The molecule has 26 heavy (non-hydrogen) atoms. The number of aromatic nitrogens is 2. The van der Waals surface area contributed by atoms with Gasteiger partial charge in [-0.15, -0.1) is 0 Å². The highest BCUT2D eigenvalue weighted by molar-refractivity contribution is 5.95. The standard InChI is InChI=1S/C17H22F3N3O3/c1-10-14(8-23(21-10)9-17(18,19)20)15(24)22-5-4-11-6-12(16(25)26)2-3-13(11)7-22/h8,11-13H,2-7,9H2,1H3,(H,25,26). The van der Waals surface area contributed by atoms with Crippen LogP contribution in [0.3, 0.4) is 0 Å². The van der Waals surface area contributed by atoms with Crippen LogP contribution in [-0.2, 0) is 11.3 Å². The van der Waals surface area contributed by atoms with Gasteiger partial charge in [-0.05, 0) is 44.4 Å². The average Bonchev–Trinajstić information content (AvgIpc) is 2.91. The Morgan fingerprint density at radius 3 is 2.65 bits per heavy atom. The van der Waals surface area contributed by atoms with Gasteiger partial charge in [0.1, 0.15) is 6.54 Å². The first-order valence-corrected chi connectivity index (χ1v) is 8.77. The molecule has 0 spiro atoms. The first-order chi connectivity index (χ1) is 12.1. The maximum atomic E-state index is 12.7. The number of piperidine rings is 1. The molecule has 1 amide bonds. The second-order valence-electron chi connectivity index (χ2n) is 7.35. The molecule has 9 heteroatoms. The molecule has 0 aromatic carbocycles. The van der Waals surface area contributed by atoms with E-state index in [-0.39, 0.29) is 29.0 Å². The molecule has 1 aromatic rings. The molecule has 6 nitrogen and oxygen atoms in total. The fourth-order valence-corrected chi connectivity index (χ4v) is 4.19. The molecule has 1 aliphatic heterocycles. The number of carboxylic acids is 1. The van der Waals surface area contributed by atoms with E-state index in [4.69, 9.17) is 0 Å². The zero-order valence-electron chi connectivity index (χ0n) is 14.5. The van der Waals surface area contributed by atoms with Crippen molar-refractivity contribution >= 4 is 11.9 Å². The summed E-state index contributed by atoms with van der Waals surface area (Å²) in [6, 6.07) is 0. The average molecular weight is 373 g/mol. The van der Waals surface area contributed by atoms with Gasteiger partial charge in [0.05, 0.1) is 17.2 Å². The van der Waals surface area contributed by atoms with E-state index in [1.165, 1.54) is 13.1 Å². The molecule has 1 aromatic heterocycles. The molecule has 1 saturated carbocycles. The van der Waals surface area contributed by atoms with Gasteiger partial charge < -0.3 is 10.0 Å². The van der Waals surface area contributed by atoms with Crippen LogP contribution >= 0.6 is 0 Å². The van der Waals surface area contributed by atoms with E-state index >= 15 is 0 Å². The van der Waals surface area contributed by atoms with E-state index in [0.717, 1.165) is 17.5 Å². The molecule has 2 heterocycles. The van der Waals surface area contributed by atoms with Crippen LogP contribution in [0.5, 0.6) is 0 Å². The normalized spacial score (nSPS) is 26.5. The summed E-state index contributed by atoms with van der Waals surface area (Å²) in [6.45, 7) is 1.34. The van der Waals surface area contributed by atoms with Gasteiger partial charge in [0, 0.05) is 19.3 Å². The highest BCUT2D eigenvalue weighted by Crippen LogP contribution is 2.39. The van der Waals surface area contributed by atoms with E-state index in [1.54, 1.807) is 4.90 Å². The van der Waals surface area contributed by atoms with E-state index in [9.17, 15) is 27.9 Å². The molecule has 3 atom stereocenters. The van der Waals surface area contributed by atoms with E-state index < -0.39 is 18.7 Å². The second-order valence-corrected chi connectivity index (χ2v) is 7.35. The Labute approximate surface area is 149 Å². The summed E-state index contributed by atoms with van der Waals surface area (Å²) in [5.41, 5.74) is 0.489. The molecule has 3 rings (SSSR count). The lowest BCUT2D eigenvalue weighted by molar-refractivity contribution is -0.144. The third-order valence-corrected chi connectivity index (χ3v) is 5.52. The lowest BCUT2D eigenvalue weighted by Crippen LogP contribution is -2.46. The number of alkyl halides is 3.